The van der Waals surface area contributed by atoms with Gasteiger partial charge in [0.25, 0.3) is 0 Å². The van der Waals surface area contributed by atoms with E-state index in [0.29, 0.717) is 0 Å². The number of aliphatic carboxylic acids is 1. The van der Waals surface area contributed by atoms with E-state index in [1.54, 1.807) is 28.6 Å². The highest BCUT2D eigenvalue weighted by molar-refractivity contribution is 8.03. The number of aromatic hydroxyl groups is 1. The van der Waals surface area contributed by atoms with Gasteiger partial charge in [-0.2, -0.15) is 0 Å². The molecule has 3 rings (SSSR count). The van der Waals surface area contributed by atoms with E-state index in [9.17, 15) is 15.0 Å². The highest BCUT2D eigenvalue weighted by Gasteiger charge is 2.28. The van der Waals surface area contributed by atoms with Gasteiger partial charge in [0, 0.05) is 11.6 Å². The van der Waals surface area contributed by atoms with Crippen molar-refractivity contribution in [3.05, 3.63) is 48.0 Å². The Hall–Kier alpha value is -2.14. The van der Waals surface area contributed by atoms with Crippen molar-refractivity contribution in [3.63, 3.8) is 0 Å². The van der Waals surface area contributed by atoms with E-state index in [0.717, 1.165) is 16.5 Å². The number of thioether (sulfide) groups is 1. The number of carboxylic acid groups (broad SMARTS) is 1. The minimum Gasteiger partial charge on any atom is -0.508 e. The molecule has 2 aromatic rings. The molecule has 0 saturated carbocycles. The van der Waals surface area contributed by atoms with E-state index in [1.807, 2.05) is 24.3 Å². The maximum atomic E-state index is 11.2. The van der Waals surface area contributed by atoms with Gasteiger partial charge in [0.15, 0.2) is 5.37 Å². The number of phenols is 1. The number of phenolic OH excluding ortho intramolecular Hbond substituents is 1. The molecule has 0 amide bonds. The molecule has 19 heavy (non-hydrogen) atoms. The van der Waals surface area contributed by atoms with E-state index in [-0.39, 0.29) is 5.75 Å². The fourth-order valence-corrected chi connectivity index (χ4v) is 2.95. The zero-order chi connectivity index (χ0) is 13.4. The lowest BCUT2D eigenvalue weighted by atomic mass is 10.1. The number of benzene rings is 2. The van der Waals surface area contributed by atoms with Crippen LogP contribution in [0.2, 0.25) is 0 Å². The van der Waals surface area contributed by atoms with Gasteiger partial charge in [-0.25, -0.2) is 4.79 Å². The summed E-state index contributed by atoms with van der Waals surface area (Å²) in [5, 5.41) is 21.7. The van der Waals surface area contributed by atoms with Gasteiger partial charge in [0.2, 0.25) is 0 Å². The van der Waals surface area contributed by atoms with E-state index >= 15 is 0 Å². The molecule has 1 atom stereocenters. The summed E-state index contributed by atoms with van der Waals surface area (Å²) in [5.74, 6) is -0.713. The average Bonchev–Trinajstić information content (AvgIpc) is 2.87. The minimum absolute atomic E-state index is 0.169. The van der Waals surface area contributed by atoms with Crippen molar-refractivity contribution in [2.75, 3.05) is 4.90 Å². The molecule has 0 bridgehead atoms. The van der Waals surface area contributed by atoms with Gasteiger partial charge in [-0.3, -0.25) is 0 Å². The van der Waals surface area contributed by atoms with Gasteiger partial charge >= 0.3 is 5.97 Å². The molecule has 1 aliphatic rings. The zero-order valence-corrected chi connectivity index (χ0v) is 10.7. The summed E-state index contributed by atoms with van der Waals surface area (Å²) in [7, 11) is 0. The summed E-state index contributed by atoms with van der Waals surface area (Å²) in [6, 6.07) is 10.8. The molecule has 1 aliphatic heterocycles. The highest BCUT2D eigenvalue weighted by atomic mass is 32.2. The smallest absolute Gasteiger partial charge is 0.337 e. The maximum absolute atomic E-state index is 11.2. The van der Waals surface area contributed by atoms with Gasteiger partial charge in [0.1, 0.15) is 5.75 Å². The molecular weight excluding hydrogens is 262 g/mol. The van der Waals surface area contributed by atoms with Crippen LogP contribution in [0.3, 0.4) is 0 Å². The Morgan fingerprint density at radius 2 is 2.11 bits per heavy atom. The molecule has 0 fully saturated rings. The summed E-state index contributed by atoms with van der Waals surface area (Å²) in [6.45, 7) is 0. The van der Waals surface area contributed by atoms with E-state index < -0.39 is 11.3 Å². The Morgan fingerprint density at radius 3 is 2.89 bits per heavy atom. The van der Waals surface area contributed by atoms with Crippen molar-refractivity contribution in [2.45, 2.75) is 5.37 Å². The lowest BCUT2D eigenvalue weighted by Crippen LogP contribution is -2.31. The lowest BCUT2D eigenvalue weighted by Gasteiger charge is -2.23. The van der Waals surface area contributed by atoms with Crippen LogP contribution in [0.4, 0.5) is 5.69 Å². The molecule has 0 radical (unpaired) electrons. The van der Waals surface area contributed by atoms with Gasteiger partial charge in [-0.1, -0.05) is 30.0 Å². The van der Waals surface area contributed by atoms with Gasteiger partial charge in [-0.05, 0) is 29.0 Å². The molecule has 0 aromatic heterocycles. The third-order valence-corrected chi connectivity index (χ3v) is 3.98. The molecule has 0 spiro atoms. The van der Waals surface area contributed by atoms with Crippen LogP contribution in [0.15, 0.2) is 48.0 Å². The molecule has 5 heteroatoms. The predicted molar refractivity (Wildman–Crippen MR) is 76.2 cm³/mol. The van der Waals surface area contributed by atoms with Crippen LogP contribution in [0.5, 0.6) is 5.75 Å². The fraction of sp³-hybridized carbons (Fsp3) is 0.0714. The minimum atomic E-state index is -0.882. The van der Waals surface area contributed by atoms with Crippen LogP contribution in [0.25, 0.3) is 10.8 Å². The number of hydrogen-bond donors (Lipinski definition) is 2. The van der Waals surface area contributed by atoms with Crippen molar-refractivity contribution < 1.29 is 15.0 Å². The maximum Gasteiger partial charge on any atom is 0.337 e. The van der Waals surface area contributed by atoms with Crippen LogP contribution in [0.1, 0.15) is 0 Å². The average molecular weight is 273 g/mol. The molecule has 0 saturated heterocycles. The van der Waals surface area contributed by atoms with E-state index in [4.69, 9.17) is 0 Å². The Bertz CT molecular complexity index is 683. The number of anilines is 1. The largest absolute Gasteiger partial charge is 0.508 e. The van der Waals surface area contributed by atoms with Crippen LogP contribution in [-0.4, -0.2) is 21.6 Å². The van der Waals surface area contributed by atoms with E-state index in [2.05, 4.69) is 0 Å². The summed E-state index contributed by atoms with van der Waals surface area (Å²) in [4.78, 5) is 12.9. The second-order valence-electron chi connectivity index (χ2n) is 4.20. The first-order chi connectivity index (χ1) is 9.16. The zero-order valence-electron chi connectivity index (χ0n) is 9.85. The first-order valence-corrected chi connectivity index (χ1v) is 6.66. The molecule has 96 valence electrons. The van der Waals surface area contributed by atoms with Crippen LogP contribution < -0.4 is 4.90 Å². The highest BCUT2D eigenvalue weighted by Crippen LogP contribution is 2.36. The summed E-state index contributed by atoms with van der Waals surface area (Å²) in [6.07, 6.45) is 1.75. The van der Waals surface area contributed by atoms with Crippen molar-refractivity contribution in [3.8, 4) is 5.75 Å². The van der Waals surface area contributed by atoms with Gasteiger partial charge < -0.3 is 15.1 Å². The quantitative estimate of drug-likeness (QED) is 0.880. The first kappa shape index (κ1) is 11.9. The van der Waals surface area contributed by atoms with Gasteiger partial charge in [-0.15, -0.1) is 0 Å². The number of nitrogens with zero attached hydrogens (tertiary/aromatic N) is 1. The number of fused-ring (bicyclic) bond motifs is 1. The SMILES string of the molecule is O=C(O)C1SC=CN1c1cccc2ccc(O)cc12. The van der Waals surface area contributed by atoms with E-state index in [1.165, 1.54) is 11.8 Å². The van der Waals surface area contributed by atoms with Crippen LogP contribution in [0, 0.1) is 0 Å². The second kappa shape index (κ2) is 4.51. The molecular formula is C14H11NO3S. The first-order valence-electron chi connectivity index (χ1n) is 5.72. The Kier molecular flexibility index (Phi) is 2.83. The number of rotatable bonds is 2. The van der Waals surface area contributed by atoms with Crippen molar-refractivity contribution in [1.82, 2.24) is 0 Å². The van der Waals surface area contributed by atoms with Crippen LogP contribution >= 0.6 is 11.8 Å². The van der Waals surface area contributed by atoms with Crippen LogP contribution in [-0.2, 0) is 4.79 Å². The van der Waals surface area contributed by atoms with Crippen molar-refractivity contribution >= 4 is 34.2 Å². The summed E-state index contributed by atoms with van der Waals surface area (Å²) in [5.41, 5.74) is 0.780. The standard InChI is InChI=1S/C14H11NO3S/c16-10-5-4-9-2-1-3-12(11(9)8-10)15-6-7-19-13(15)14(17)18/h1-8,13,16H,(H,17,18). The summed E-state index contributed by atoms with van der Waals surface area (Å²) >= 11 is 1.25. The second-order valence-corrected chi connectivity index (χ2v) is 5.19. The molecule has 2 N–H and O–H groups in total. The Balaban J connectivity index is 2.17. The lowest BCUT2D eigenvalue weighted by molar-refractivity contribution is -0.136. The fourth-order valence-electron chi connectivity index (χ4n) is 2.17. The third-order valence-electron chi connectivity index (χ3n) is 3.01. The number of hydrogen-bond acceptors (Lipinski definition) is 4. The molecule has 1 heterocycles. The normalized spacial score (nSPS) is 18.1. The molecule has 4 nitrogen and oxygen atoms in total. The van der Waals surface area contributed by atoms with Gasteiger partial charge in [0.05, 0.1) is 5.69 Å². The van der Waals surface area contributed by atoms with Crippen molar-refractivity contribution in [2.24, 2.45) is 0 Å². The number of carbonyl (C=O) groups is 1. The third kappa shape index (κ3) is 2.02. The Morgan fingerprint density at radius 1 is 1.26 bits per heavy atom. The summed E-state index contributed by atoms with van der Waals surface area (Å²) < 4.78 is 0. The molecule has 1 unspecified atom stereocenters. The van der Waals surface area contributed by atoms with Crippen molar-refractivity contribution in [1.29, 1.82) is 0 Å². The predicted octanol–water partition coefficient (Wildman–Crippen LogP) is 2.98. The monoisotopic (exact) mass is 273 g/mol. The topological polar surface area (TPSA) is 60.8 Å². The molecule has 2 aromatic carbocycles. The molecule has 0 aliphatic carbocycles. The Labute approximate surface area is 114 Å². The number of carboxylic acids is 1.